The van der Waals surface area contributed by atoms with Crippen LogP contribution in [0.25, 0.3) is 0 Å². The molecule has 1 unspecified atom stereocenters. The molecule has 0 fully saturated rings. The molecule has 0 aliphatic carbocycles. The summed E-state index contributed by atoms with van der Waals surface area (Å²) in [7, 11) is 0. The van der Waals surface area contributed by atoms with Crippen LogP contribution >= 0.6 is 0 Å². The summed E-state index contributed by atoms with van der Waals surface area (Å²) >= 11 is 0. The summed E-state index contributed by atoms with van der Waals surface area (Å²) in [5.41, 5.74) is 5.59. The third kappa shape index (κ3) is 2.34. The van der Waals surface area contributed by atoms with E-state index < -0.39 is 0 Å². The van der Waals surface area contributed by atoms with Crippen molar-refractivity contribution in [1.29, 1.82) is 0 Å². The predicted molar refractivity (Wildman–Crippen MR) is 60.7 cm³/mol. The molecular formula is C12H20N2. The molecule has 3 N–H and O–H groups in total. The van der Waals surface area contributed by atoms with Gasteiger partial charge in [-0.3, -0.25) is 11.3 Å². The second-order valence-corrected chi connectivity index (χ2v) is 4.82. The van der Waals surface area contributed by atoms with Gasteiger partial charge in [0.1, 0.15) is 0 Å². The van der Waals surface area contributed by atoms with E-state index in [-0.39, 0.29) is 11.5 Å². The SMILES string of the molecule is Cc1ccccc1C(NN)C(C)(C)C. The Bertz CT molecular complexity index is 299. The van der Waals surface area contributed by atoms with Gasteiger partial charge in [-0.15, -0.1) is 0 Å². The Balaban J connectivity index is 3.08. The highest BCUT2D eigenvalue weighted by Crippen LogP contribution is 2.33. The quantitative estimate of drug-likeness (QED) is 0.558. The summed E-state index contributed by atoms with van der Waals surface area (Å²) in [5, 5.41) is 0. The van der Waals surface area contributed by atoms with Gasteiger partial charge >= 0.3 is 0 Å². The van der Waals surface area contributed by atoms with E-state index in [0.29, 0.717) is 0 Å². The summed E-state index contributed by atoms with van der Waals surface area (Å²) in [5.74, 6) is 5.61. The summed E-state index contributed by atoms with van der Waals surface area (Å²) in [6.07, 6.45) is 0. The Labute approximate surface area is 86.5 Å². The van der Waals surface area contributed by atoms with Crippen molar-refractivity contribution in [2.75, 3.05) is 0 Å². The fourth-order valence-electron chi connectivity index (χ4n) is 1.72. The minimum Gasteiger partial charge on any atom is -0.271 e. The first-order valence-corrected chi connectivity index (χ1v) is 4.98. The highest BCUT2D eigenvalue weighted by Gasteiger charge is 2.25. The van der Waals surface area contributed by atoms with E-state index in [1.54, 1.807) is 0 Å². The van der Waals surface area contributed by atoms with Gasteiger partial charge in [0.2, 0.25) is 0 Å². The van der Waals surface area contributed by atoms with E-state index in [9.17, 15) is 0 Å². The van der Waals surface area contributed by atoms with Gasteiger partial charge in [0.05, 0.1) is 6.04 Å². The zero-order chi connectivity index (χ0) is 10.8. The Hall–Kier alpha value is -0.860. The van der Waals surface area contributed by atoms with E-state index in [0.717, 1.165) is 0 Å². The normalized spacial score (nSPS) is 14.1. The number of hydrazine groups is 1. The molecule has 0 bridgehead atoms. The van der Waals surface area contributed by atoms with Crippen LogP contribution in [-0.2, 0) is 0 Å². The third-order valence-electron chi connectivity index (χ3n) is 2.53. The smallest absolute Gasteiger partial charge is 0.0510 e. The van der Waals surface area contributed by atoms with Crippen molar-refractivity contribution in [3.05, 3.63) is 35.4 Å². The first-order chi connectivity index (χ1) is 6.46. The van der Waals surface area contributed by atoms with Crippen LogP contribution in [0.3, 0.4) is 0 Å². The lowest BCUT2D eigenvalue weighted by molar-refractivity contribution is 0.274. The molecule has 0 radical (unpaired) electrons. The zero-order valence-corrected chi connectivity index (χ0v) is 9.46. The van der Waals surface area contributed by atoms with Gasteiger partial charge in [0.25, 0.3) is 0 Å². The molecule has 0 saturated heterocycles. The molecule has 1 aromatic rings. The molecule has 0 aromatic heterocycles. The summed E-state index contributed by atoms with van der Waals surface area (Å²) < 4.78 is 0. The number of nitrogens with one attached hydrogen (secondary N) is 1. The van der Waals surface area contributed by atoms with Crippen LogP contribution in [0.4, 0.5) is 0 Å². The van der Waals surface area contributed by atoms with Gasteiger partial charge in [-0.05, 0) is 23.5 Å². The molecule has 0 aliphatic heterocycles. The third-order valence-corrected chi connectivity index (χ3v) is 2.53. The minimum atomic E-state index is 0.126. The minimum absolute atomic E-state index is 0.126. The van der Waals surface area contributed by atoms with Crippen LogP contribution in [0, 0.1) is 12.3 Å². The first kappa shape index (κ1) is 11.2. The molecule has 78 valence electrons. The molecule has 0 amide bonds. The first-order valence-electron chi connectivity index (χ1n) is 4.98. The Morgan fingerprint density at radius 2 is 1.79 bits per heavy atom. The van der Waals surface area contributed by atoms with Gasteiger partial charge in [-0.1, -0.05) is 45.0 Å². The fourth-order valence-corrected chi connectivity index (χ4v) is 1.72. The summed E-state index contributed by atoms with van der Waals surface area (Å²) in [6.45, 7) is 8.67. The molecule has 2 nitrogen and oxygen atoms in total. The second kappa shape index (κ2) is 4.11. The molecule has 2 heteroatoms. The van der Waals surface area contributed by atoms with Crippen LogP contribution in [0.1, 0.15) is 37.9 Å². The molecular weight excluding hydrogens is 172 g/mol. The van der Waals surface area contributed by atoms with Gasteiger partial charge < -0.3 is 0 Å². The van der Waals surface area contributed by atoms with Crippen LogP contribution in [0.15, 0.2) is 24.3 Å². The van der Waals surface area contributed by atoms with E-state index in [4.69, 9.17) is 5.84 Å². The molecule has 0 saturated carbocycles. The van der Waals surface area contributed by atoms with Gasteiger partial charge in [-0.25, -0.2) is 0 Å². The van der Waals surface area contributed by atoms with Crippen molar-refractivity contribution in [2.45, 2.75) is 33.7 Å². The van der Waals surface area contributed by atoms with Crippen LogP contribution in [0.2, 0.25) is 0 Å². The zero-order valence-electron chi connectivity index (χ0n) is 9.46. The molecule has 0 heterocycles. The highest BCUT2D eigenvalue weighted by atomic mass is 15.2. The number of hydrogen-bond acceptors (Lipinski definition) is 2. The van der Waals surface area contributed by atoms with Crippen LogP contribution in [-0.4, -0.2) is 0 Å². The number of aryl methyl sites for hydroxylation is 1. The maximum absolute atomic E-state index is 5.61. The van der Waals surface area contributed by atoms with Crippen molar-refractivity contribution in [3.8, 4) is 0 Å². The van der Waals surface area contributed by atoms with Crippen molar-refractivity contribution < 1.29 is 0 Å². The number of nitrogens with two attached hydrogens (primary N) is 1. The lowest BCUT2D eigenvalue weighted by atomic mass is 9.81. The lowest BCUT2D eigenvalue weighted by Gasteiger charge is -2.31. The highest BCUT2D eigenvalue weighted by molar-refractivity contribution is 5.29. The predicted octanol–water partition coefficient (Wildman–Crippen LogP) is 2.55. The standard InChI is InChI=1S/C12H20N2/c1-9-7-5-6-8-10(9)11(14-13)12(2,3)4/h5-8,11,14H,13H2,1-4H3. The van der Waals surface area contributed by atoms with E-state index in [1.807, 2.05) is 0 Å². The van der Waals surface area contributed by atoms with E-state index >= 15 is 0 Å². The average molecular weight is 192 g/mol. The molecule has 1 aromatic carbocycles. The Kier molecular flexibility index (Phi) is 3.29. The maximum Gasteiger partial charge on any atom is 0.0510 e. The lowest BCUT2D eigenvalue weighted by Crippen LogP contribution is -2.37. The summed E-state index contributed by atoms with van der Waals surface area (Å²) in [6, 6.07) is 8.55. The van der Waals surface area contributed by atoms with Gasteiger partial charge in [0, 0.05) is 0 Å². The molecule has 14 heavy (non-hydrogen) atoms. The summed E-state index contributed by atoms with van der Waals surface area (Å²) in [4.78, 5) is 0. The Morgan fingerprint density at radius 1 is 1.21 bits per heavy atom. The van der Waals surface area contributed by atoms with Crippen molar-refractivity contribution in [3.63, 3.8) is 0 Å². The van der Waals surface area contributed by atoms with Crippen LogP contribution < -0.4 is 11.3 Å². The molecule has 1 rings (SSSR count). The van der Waals surface area contributed by atoms with E-state index in [1.165, 1.54) is 11.1 Å². The molecule has 1 atom stereocenters. The monoisotopic (exact) mass is 192 g/mol. The second-order valence-electron chi connectivity index (χ2n) is 4.82. The number of benzene rings is 1. The maximum atomic E-state index is 5.61. The van der Waals surface area contributed by atoms with Gasteiger partial charge in [0.15, 0.2) is 0 Å². The van der Waals surface area contributed by atoms with Crippen LogP contribution in [0.5, 0.6) is 0 Å². The average Bonchev–Trinajstić information content (AvgIpc) is 2.07. The van der Waals surface area contributed by atoms with Crippen molar-refractivity contribution >= 4 is 0 Å². The van der Waals surface area contributed by atoms with Gasteiger partial charge in [-0.2, -0.15) is 0 Å². The molecule has 0 spiro atoms. The van der Waals surface area contributed by atoms with Crippen molar-refractivity contribution in [2.24, 2.45) is 11.3 Å². The van der Waals surface area contributed by atoms with E-state index in [2.05, 4.69) is 57.4 Å². The largest absolute Gasteiger partial charge is 0.271 e. The number of rotatable bonds is 2. The molecule has 0 aliphatic rings. The number of hydrogen-bond donors (Lipinski definition) is 2. The van der Waals surface area contributed by atoms with Crippen molar-refractivity contribution in [1.82, 2.24) is 5.43 Å². The Morgan fingerprint density at radius 3 is 2.21 bits per heavy atom. The fraction of sp³-hybridized carbons (Fsp3) is 0.500. The topological polar surface area (TPSA) is 38.0 Å².